The summed E-state index contributed by atoms with van der Waals surface area (Å²) in [5.41, 5.74) is 1.17. The van der Waals surface area contributed by atoms with Crippen molar-refractivity contribution in [3.63, 3.8) is 0 Å². The highest BCUT2D eigenvalue weighted by Gasteiger charge is 2.03. The lowest BCUT2D eigenvalue weighted by atomic mass is 10.2. The van der Waals surface area contributed by atoms with E-state index in [1.165, 1.54) is 5.56 Å². The van der Waals surface area contributed by atoms with Gasteiger partial charge in [0.2, 0.25) is 0 Å². The summed E-state index contributed by atoms with van der Waals surface area (Å²) < 4.78 is 2.16. The number of hydrogen-bond donors (Lipinski definition) is 1. The molecule has 0 unspecified atom stereocenters. The van der Waals surface area contributed by atoms with E-state index in [2.05, 4.69) is 27.0 Å². The van der Waals surface area contributed by atoms with Gasteiger partial charge in [-0.25, -0.2) is 4.98 Å². The average molecular weight is 274 g/mol. The second kappa shape index (κ2) is 8.12. The lowest BCUT2D eigenvalue weighted by Gasteiger charge is -2.06. The predicted octanol–water partition coefficient (Wildman–Crippen LogP) is 2.61. The lowest BCUT2D eigenvalue weighted by Crippen LogP contribution is -2.15. The summed E-state index contributed by atoms with van der Waals surface area (Å²) >= 11 is 0. The summed E-state index contributed by atoms with van der Waals surface area (Å²) in [6, 6.07) is 10.2. The third-order valence-electron chi connectivity index (χ3n) is 2.35. The molecule has 1 aromatic heterocycles. The molecule has 1 aromatic carbocycles. The van der Waals surface area contributed by atoms with Gasteiger partial charge in [0.15, 0.2) is 0 Å². The Morgan fingerprint density at radius 1 is 1.18 bits per heavy atom. The van der Waals surface area contributed by atoms with E-state index in [0.717, 1.165) is 18.9 Å². The van der Waals surface area contributed by atoms with E-state index in [1.807, 2.05) is 37.6 Å². The molecule has 0 fully saturated rings. The number of benzene rings is 1. The molecule has 0 amide bonds. The van der Waals surface area contributed by atoms with Gasteiger partial charge >= 0.3 is 0 Å². The van der Waals surface area contributed by atoms with Gasteiger partial charge in [0.05, 0.1) is 0 Å². The standard InChI is InChI=1S/C12H15N3.2ClH/c1-13-7-9-15-10-8-14-12(15)11-5-3-2-4-6-11;;/h2-6,8,10,13H,7,9H2,1H3;2*1H. The van der Waals surface area contributed by atoms with Crippen molar-refractivity contribution in [1.29, 1.82) is 0 Å². The van der Waals surface area contributed by atoms with E-state index in [1.54, 1.807) is 0 Å². The van der Waals surface area contributed by atoms with Crippen LogP contribution < -0.4 is 5.32 Å². The van der Waals surface area contributed by atoms with Crippen LogP contribution in [-0.2, 0) is 6.54 Å². The number of rotatable bonds is 4. The molecule has 0 saturated heterocycles. The minimum atomic E-state index is 0. The van der Waals surface area contributed by atoms with Crippen LogP contribution in [0.2, 0.25) is 0 Å². The van der Waals surface area contributed by atoms with Crippen molar-refractivity contribution in [1.82, 2.24) is 14.9 Å². The van der Waals surface area contributed by atoms with Crippen LogP contribution in [0.25, 0.3) is 11.4 Å². The number of hydrogen-bond acceptors (Lipinski definition) is 2. The van der Waals surface area contributed by atoms with Gasteiger partial charge in [-0.05, 0) is 7.05 Å². The molecule has 1 heterocycles. The first-order valence-electron chi connectivity index (χ1n) is 5.13. The third-order valence-corrected chi connectivity index (χ3v) is 2.35. The summed E-state index contributed by atoms with van der Waals surface area (Å²) in [6.07, 6.45) is 3.86. The Morgan fingerprint density at radius 2 is 1.88 bits per heavy atom. The van der Waals surface area contributed by atoms with Crippen LogP contribution >= 0.6 is 24.8 Å². The first kappa shape index (κ1) is 16.0. The fraction of sp³-hybridized carbons (Fsp3) is 0.250. The molecule has 0 spiro atoms. The van der Waals surface area contributed by atoms with Crippen LogP contribution in [0.4, 0.5) is 0 Å². The van der Waals surface area contributed by atoms with Crippen molar-refractivity contribution < 1.29 is 0 Å². The first-order valence-corrected chi connectivity index (χ1v) is 5.13. The number of imidazole rings is 1. The molecule has 5 heteroatoms. The number of nitrogens with one attached hydrogen (secondary N) is 1. The summed E-state index contributed by atoms with van der Waals surface area (Å²) in [5.74, 6) is 1.03. The molecule has 2 aromatic rings. The summed E-state index contributed by atoms with van der Waals surface area (Å²) in [5, 5.41) is 3.14. The molecular formula is C12H17Cl2N3. The first-order chi connectivity index (χ1) is 7.42. The maximum Gasteiger partial charge on any atom is 0.139 e. The highest BCUT2D eigenvalue weighted by Crippen LogP contribution is 2.16. The van der Waals surface area contributed by atoms with Crippen LogP contribution in [0.15, 0.2) is 42.7 Å². The quantitative estimate of drug-likeness (QED) is 0.928. The molecule has 0 saturated carbocycles. The van der Waals surface area contributed by atoms with Gasteiger partial charge in [-0.3, -0.25) is 0 Å². The molecule has 0 bridgehead atoms. The van der Waals surface area contributed by atoms with Crippen molar-refractivity contribution in [2.24, 2.45) is 0 Å². The van der Waals surface area contributed by atoms with E-state index in [4.69, 9.17) is 0 Å². The van der Waals surface area contributed by atoms with Crippen LogP contribution in [0.5, 0.6) is 0 Å². The van der Waals surface area contributed by atoms with E-state index in [9.17, 15) is 0 Å². The Labute approximate surface area is 114 Å². The van der Waals surface area contributed by atoms with E-state index >= 15 is 0 Å². The van der Waals surface area contributed by atoms with E-state index in [-0.39, 0.29) is 24.8 Å². The molecule has 3 nitrogen and oxygen atoms in total. The summed E-state index contributed by atoms with van der Waals surface area (Å²) in [4.78, 5) is 4.37. The Hall–Kier alpha value is -1.03. The van der Waals surface area contributed by atoms with Crippen molar-refractivity contribution >= 4 is 24.8 Å². The Kier molecular flexibility index (Phi) is 7.63. The molecular weight excluding hydrogens is 257 g/mol. The molecule has 17 heavy (non-hydrogen) atoms. The molecule has 0 radical (unpaired) electrons. The molecule has 2 rings (SSSR count). The van der Waals surface area contributed by atoms with Gasteiger partial charge < -0.3 is 9.88 Å². The maximum absolute atomic E-state index is 4.37. The van der Waals surface area contributed by atoms with Crippen LogP contribution in [0, 0.1) is 0 Å². The molecule has 1 N–H and O–H groups in total. The van der Waals surface area contributed by atoms with Crippen LogP contribution in [0.3, 0.4) is 0 Å². The van der Waals surface area contributed by atoms with Gasteiger partial charge in [-0.15, -0.1) is 24.8 Å². The van der Waals surface area contributed by atoms with Crippen molar-refractivity contribution in [2.45, 2.75) is 6.54 Å². The topological polar surface area (TPSA) is 29.9 Å². The maximum atomic E-state index is 4.37. The van der Waals surface area contributed by atoms with Crippen LogP contribution in [0.1, 0.15) is 0 Å². The predicted molar refractivity (Wildman–Crippen MR) is 76.1 cm³/mol. The van der Waals surface area contributed by atoms with Gasteiger partial charge in [0.1, 0.15) is 5.82 Å². The van der Waals surface area contributed by atoms with Crippen LogP contribution in [-0.4, -0.2) is 23.1 Å². The van der Waals surface area contributed by atoms with Gasteiger partial charge in [0, 0.05) is 31.0 Å². The number of likely N-dealkylation sites (N-methyl/N-ethyl adjacent to an activating group) is 1. The third kappa shape index (κ3) is 4.04. The normalized spacial score (nSPS) is 9.24. The fourth-order valence-electron chi connectivity index (χ4n) is 1.57. The highest BCUT2D eigenvalue weighted by molar-refractivity contribution is 5.85. The molecule has 0 aliphatic carbocycles. The number of halogens is 2. The minimum Gasteiger partial charge on any atom is -0.330 e. The Balaban J connectivity index is 0.00000128. The zero-order valence-electron chi connectivity index (χ0n) is 9.67. The fourth-order valence-corrected chi connectivity index (χ4v) is 1.57. The molecule has 0 aliphatic heterocycles. The Bertz CT molecular complexity index is 415. The number of aromatic nitrogens is 2. The molecule has 0 aliphatic rings. The van der Waals surface area contributed by atoms with E-state index < -0.39 is 0 Å². The van der Waals surface area contributed by atoms with Gasteiger partial charge in [0.25, 0.3) is 0 Å². The summed E-state index contributed by atoms with van der Waals surface area (Å²) in [6.45, 7) is 1.90. The number of nitrogens with zero attached hydrogens (tertiary/aromatic N) is 2. The summed E-state index contributed by atoms with van der Waals surface area (Å²) in [7, 11) is 1.96. The molecule has 0 atom stereocenters. The van der Waals surface area contributed by atoms with Gasteiger partial charge in [-0.2, -0.15) is 0 Å². The average Bonchev–Trinajstić information content (AvgIpc) is 2.75. The minimum absolute atomic E-state index is 0. The SMILES string of the molecule is CNCCn1ccnc1-c1ccccc1.Cl.Cl. The molecule has 94 valence electrons. The van der Waals surface area contributed by atoms with Crippen molar-refractivity contribution in [3.05, 3.63) is 42.7 Å². The van der Waals surface area contributed by atoms with E-state index in [0.29, 0.717) is 0 Å². The van der Waals surface area contributed by atoms with Crippen molar-refractivity contribution in [2.75, 3.05) is 13.6 Å². The van der Waals surface area contributed by atoms with Gasteiger partial charge in [-0.1, -0.05) is 30.3 Å². The largest absolute Gasteiger partial charge is 0.330 e. The second-order valence-corrected chi connectivity index (χ2v) is 3.41. The zero-order valence-corrected chi connectivity index (χ0v) is 11.3. The monoisotopic (exact) mass is 273 g/mol. The smallest absolute Gasteiger partial charge is 0.139 e. The highest BCUT2D eigenvalue weighted by atomic mass is 35.5. The Morgan fingerprint density at radius 3 is 2.53 bits per heavy atom. The lowest BCUT2D eigenvalue weighted by molar-refractivity contribution is 0.649. The second-order valence-electron chi connectivity index (χ2n) is 3.41. The zero-order chi connectivity index (χ0) is 10.5. The van der Waals surface area contributed by atoms with Crippen molar-refractivity contribution in [3.8, 4) is 11.4 Å².